The summed E-state index contributed by atoms with van der Waals surface area (Å²) in [7, 11) is 0. The molecule has 14 heteroatoms. The topological polar surface area (TPSA) is 219 Å². The molecule has 0 aliphatic heterocycles. The van der Waals surface area contributed by atoms with E-state index in [4.69, 9.17) is 10.8 Å². The van der Waals surface area contributed by atoms with E-state index < -0.39 is 60.2 Å². The molecule has 4 aromatic rings. The molecule has 0 saturated heterocycles. The van der Waals surface area contributed by atoms with Gasteiger partial charge in [0, 0.05) is 53.5 Å². The first-order valence-electron chi connectivity index (χ1n) is 14.8. The number of carboxylic acid groups (broad SMARTS) is 2. The van der Waals surface area contributed by atoms with Crippen LogP contribution >= 0.6 is 11.8 Å². The molecular formula is C32H38N6O7S. The summed E-state index contributed by atoms with van der Waals surface area (Å²) in [4.78, 5) is 69.9. The van der Waals surface area contributed by atoms with Crippen LogP contribution in [-0.2, 0) is 36.8 Å². The van der Waals surface area contributed by atoms with E-state index in [1.54, 1.807) is 12.4 Å². The first-order chi connectivity index (χ1) is 22.1. The molecule has 3 amide bonds. The van der Waals surface area contributed by atoms with E-state index in [0.29, 0.717) is 17.7 Å². The molecular weight excluding hydrogens is 612 g/mol. The first-order valence-corrected chi connectivity index (χ1v) is 16.2. The van der Waals surface area contributed by atoms with Gasteiger partial charge in [-0.15, -0.1) is 0 Å². The Bertz CT molecular complexity index is 1700. The van der Waals surface area contributed by atoms with Gasteiger partial charge in [-0.25, -0.2) is 4.79 Å². The van der Waals surface area contributed by atoms with Crippen LogP contribution in [0.5, 0.6) is 0 Å². The fourth-order valence-corrected chi connectivity index (χ4v) is 5.67. The maximum absolute atomic E-state index is 14.0. The van der Waals surface area contributed by atoms with E-state index in [0.717, 1.165) is 27.4 Å². The van der Waals surface area contributed by atoms with Crippen molar-refractivity contribution < 1.29 is 34.2 Å². The summed E-state index contributed by atoms with van der Waals surface area (Å²) < 4.78 is 0. The number of para-hydroxylation sites is 2. The number of thioether (sulfide) groups is 1. The number of nitrogens with one attached hydrogen (secondary N) is 5. The smallest absolute Gasteiger partial charge is 0.326 e. The molecule has 13 nitrogen and oxygen atoms in total. The number of H-pyrrole nitrogens is 2. The van der Waals surface area contributed by atoms with Crippen LogP contribution in [0.25, 0.3) is 21.8 Å². The molecule has 2 heterocycles. The Labute approximate surface area is 269 Å². The highest BCUT2D eigenvalue weighted by Crippen LogP contribution is 2.21. The molecule has 2 aromatic heterocycles. The van der Waals surface area contributed by atoms with Crippen molar-refractivity contribution in [3.8, 4) is 0 Å². The molecule has 244 valence electrons. The maximum Gasteiger partial charge on any atom is 0.326 e. The number of aromatic nitrogens is 2. The summed E-state index contributed by atoms with van der Waals surface area (Å²) in [6.07, 6.45) is 4.97. The SMILES string of the molecule is CSCCC(N)C(=O)NC(Cc1c[nH]c2ccccc12)C(=O)NC(Cc1c[nH]c2ccccc12)C(=O)NC(CCC(=O)O)C(=O)O. The molecule has 4 rings (SSSR count). The summed E-state index contributed by atoms with van der Waals surface area (Å²) in [5.74, 6) is -3.98. The monoisotopic (exact) mass is 650 g/mol. The zero-order chi connectivity index (χ0) is 33.2. The number of nitrogens with two attached hydrogens (primary N) is 1. The van der Waals surface area contributed by atoms with Crippen molar-refractivity contribution in [3.63, 3.8) is 0 Å². The Morgan fingerprint density at radius 2 is 1.22 bits per heavy atom. The predicted octanol–water partition coefficient (Wildman–Crippen LogP) is 1.92. The van der Waals surface area contributed by atoms with Gasteiger partial charge in [0.2, 0.25) is 17.7 Å². The number of aliphatic carboxylic acids is 2. The fourth-order valence-electron chi connectivity index (χ4n) is 5.18. The normalized spacial score (nSPS) is 13.9. The number of hydrogen-bond acceptors (Lipinski definition) is 7. The van der Waals surface area contributed by atoms with E-state index in [-0.39, 0.29) is 19.3 Å². The molecule has 0 saturated carbocycles. The van der Waals surface area contributed by atoms with Crippen molar-refractivity contribution >= 4 is 63.2 Å². The second-order valence-corrected chi connectivity index (χ2v) is 12.0. The molecule has 0 aliphatic carbocycles. The number of aromatic amines is 2. The standard InChI is InChI=1S/C32H38N6O7S/c1-46-13-12-22(33)29(41)37-26(14-18-16-34-23-8-4-2-6-20(18)23)31(43)38-27(15-19-17-35-24-9-5-3-7-21(19)24)30(42)36-25(32(44)45)10-11-28(39)40/h2-9,16-17,22,25-27,34-35H,10-15,33H2,1H3,(H,36,42)(H,37,41)(H,38,43)(H,39,40)(H,44,45). The molecule has 4 unspecified atom stereocenters. The Morgan fingerprint density at radius 3 is 1.70 bits per heavy atom. The second kappa shape index (κ2) is 16.0. The van der Waals surface area contributed by atoms with Gasteiger partial charge in [-0.3, -0.25) is 19.2 Å². The van der Waals surface area contributed by atoms with Crippen molar-refractivity contribution in [3.05, 3.63) is 72.1 Å². The summed E-state index contributed by atoms with van der Waals surface area (Å²) >= 11 is 1.54. The Hall–Kier alpha value is -4.82. The van der Waals surface area contributed by atoms with Crippen LogP contribution < -0.4 is 21.7 Å². The van der Waals surface area contributed by atoms with E-state index in [2.05, 4.69) is 25.9 Å². The van der Waals surface area contributed by atoms with Crippen LogP contribution in [-0.4, -0.2) is 86.0 Å². The van der Waals surface area contributed by atoms with Crippen LogP contribution in [0.2, 0.25) is 0 Å². The Morgan fingerprint density at radius 1 is 0.739 bits per heavy atom. The van der Waals surface area contributed by atoms with E-state index in [1.807, 2.05) is 54.8 Å². The zero-order valence-electron chi connectivity index (χ0n) is 25.2. The minimum absolute atomic E-state index is 0.0200. The number of amides is 3. The number of rotatable bonds is 17. The number of carboxylic acids is 2. The molecule has 0 bridgehead atoms. The minimum Gasteiger partial charge on any atom is -0.481 e. The molecule has 4 atom stereocenters. The van der Waals surface area contributed by atoms with Gasteiger partial charge in [-0.05, 0) is 48.1 Å². The van der Waals surface area contributed by atoms with Gasteiger partial charge in [0.1, 0.15) is 18.1 Å². The number of hydrogen-bond donors (Lipinski definition) is 8. The molecule has 46 heavy (non-hydrogen) atoms. The first kappa shape index (κ1) is 34.1. The van der Waals surface area contributed by atoms with Crippen molar-refractivity contribution in [2.75, 3.05) is 12.0 Å². The molecule has 0 aliphatic rings. The lowest BCUT2D eigenvalue weighted by molar-refractivity contribution is -0.143. The van der Waals surface area contributed by atoms with Crippen molar-refractivity contribution in [1.82, 2.24) is 25.9 Å². The lowest BCUT2D eigenvalue weighted by atomic mass is 10.0. The van der Waals surface area contributed by atoms with Gasteiger partial charge in [0.05, 0.1) is 6.04 Å². The highest BCUT2D eigenvalue weighted by Gasteiger charge is 2.32. The lowest BCUT2D eigenvalue weighted by Gasteiger charge is -2.25. The highest BCUT2D eigenvalue weighted by atomic mass is 32.2. The Kier molecular flexibility index (Phi) is 11.8. The van der Waals surface area contributed by atoms with Crippen molar-refractivity contribution in [1.29, 1.82) is 0 Å². The quantitative estimate of drug-likeness (QED) is 0.0835. The van der Waals surface area contributed by atoms with E-state index in [9.17, 15) is 29.1 Å². The number of benzene rings is 2. The molecule has 9 N–H and O–H groups in total. The van der Waals surface area contributed by atoms with Crippen LogP contribution in [0.4, 0.5) is 0 Å². The molecule has 0 spiro atoms. The van der Waals surface area contributed by atoms with Gasteiger partial charge < -0.3 is 41.9 Å². The zero-order valence-corrected chi connectivity index (χ0v) is 26.1. The van der Waals surface area contributed by atoms with Crippen molar-refractivity contribution in [2.24, 2.45) is 5.73 Å². The maximum atomic E-state index is 14.0. The molecule has 2 aromatic carbocycles. The fraction of sp³-hybridized carbons (Fsp3) is 0.344. The predicted molar refractivity (Wildman–Crippen MR) is 175 cm³/mol. The van der Waals surface area contributed by atoms with Crippen LogP contribution in [0.1, 0.15) is 30.4 Å². The third-order valence-corrected chi connectivity index (χ3v) is 8.34. The second-order valence-electron chi connectivity index (χ2n) is 11.0. The summed E-state index contributed by atoms with van der Waals surface area (Å²) in [6.45, 7) is 0. The summed E-state index contributed by atoms with van der Waals surface area (Å²) in [5, 5.41) is 28.3. The molecule has 0 fully saturated rings. The third kappa shape index (κ3) is 8.88. The Balaban J connectivity index is 1.63. The average molecular weight is 651 g/mol. The van der Waals surface area contributed by atoms with E-state index in [1.165, 1.54) is 11.8 Å². The van der Waals surface area contributed by atoms with Gasteiger partial charge in [0.25, 0.3) is 0 Å². The summed E-state index contributed by atoms with van der Waals surface area (Å²) in [5.41, 5.74) is 9.20. The van der Waals surface area contributed by atoms with E-state index >= 15 is 0 Å². The van der Waals surface area contributed by atoms with Crippen LogP contribution in [0, 0.1) is 0 Å². The number of carbonyl (C=O) groups is 5. The minimum atomic E-state index is -1.50. The number of carbonyl (C=O) groups excluding carboxylic acids is 3. The van der Waals surface area contributed by atoms with Gasteiger partial charge in [-0.1, -0.05) is 36.4 Å². The van der Waals surface area contributed by atoms with Crippen molar-refractivity contribution in [2.45, 2.75) is 56.3 Å². The largest absolute Gasteiger partial charge is 0.481 e. The molecule has 0 radical (unpaired) electrons. The average Bonchev–Trinajstić information content (AvgIpc) is 3.64. The van der Waals surface area contributed by atoms with Gasteiger partial charge in [-0.2, -0.15) is 11.8 Å². The van der Waals surface area contributed by atoms with Crippen LogP contribution in [0.3, 0.4) is 0 Å². The van der Waals surface area contributed by atoms with Gasteiger partial charge in [0.15, 0.2) is 0 Å². The van der Waals surface area contributed by atoms with Gasteiger partial charge >= 0.3 is 11.9 Å². The third-order valence-electron chi connectivity index (χ3n) is 7.70. The lowest BCUT2D eigenvalue weighted by Crippen LogP contribution is -2.58. The van der Waals surface area contributed by atoms with Crippen LogP contribution in [0.15, 0.2) is 60.9 Å². The summed E-state index contributed by atoms with van der Waals surface area (Å²) in [6, 6.07) is 10.1. The highest BCUT2D eigenvalue weighted by molar-refractivity contribution is 7.98. The number of fused-ring (bicyclic) bond motifs is 2.